The molecule has 0 saturated carbocycles. The third-order valence-corrected chi connectivity index (χ3v) is 6.22. The fourth-order valence-electron chi connectivity index (χ4n) is 4.27. The summed E-state index contributed by atoms with van der Waals surface area (Å²) in [5, 5.41) is 0. The SMILES string of the molecule is CCCCCCCCCCCCCCCn1cc[n+](C)c1CCCCCCC. The van der Waals surface area contributed by atoms with Gasteiger partial charge < -0.3 is 0 Å². The fourth-order valence-corrected chi connectivity index (χ4v) is 4.27. The predicted molar refractivity (Wildman–Crippen MR) is 124 cm³/mol. The summed E-state index contributed by atoms with van der Waals surface area (Å²) in [6.45, 7) is 5.80. The van der Waals surface area contributed by atoms with Crippen molar-refractivity contribution in [2.24, 2.45) is 7.05 Å². The molecule has 2 heteroatoms. The average Bonchev–Trinajstić information content (AvgIpc) is 3.05. The van der Waals surface area contributed by atoms with Crippen molar-refractivity contribution in [1.82, 2.24) is 4.57 Å². The number of hydrogen-bond acceptors (Lipinski definition) is 0. The molecule has 0 radical (unpaired) electrons. The number of aryl methyl sites for hydroxylation is 2. The Labute approximate surface area is 177 Å². The smallest absolute Gasteiger partial charge is 0.237 e. The lowest BCUT2D eigenvalue weighted by Crippen LogP contribution is -2.32. The molecule has 0 fully saturated rings. The first kappa shape index (κ1) is 25.2. The second kappa shape index (κ2) is 18.3. The number of hydrogen-bond donors (Lipinski definition) is 0. The summed E-state index contributed by atoms with van der Waals surface area (Å²) >= 11 is 0. The van der Waals surface area contributed by atoms with Gasteiger partial charge in [-0.15, -0.1) is 0 Å². The van der Waals surface area contributed by atoms with E-state index in [2.05, 4.69) is 42.4 Å². The van der Waals surface area contributed by atoms with E-state index >= 15 is 0 Å². The third kappa shape index (κ3) is 12.6. The maximum atomic E-state index is 2.51. The van der Waals surface area contributed by atoms with Gasteiger partial charge >= 0.3 is 0 Å². The summed E-state index contributed by atoms with van der Waals surface area (Å²) < 4.78 is 4.85. The highest BCUT2D eigenvalue weighted by Crippen LogP contribution is 2.13. The molecule has 0 atom stereocenters. The third-order valence-electron chi connectivity index (χ3n) is 6.22. The minimum absolute atomic E-state index is 1.21. The first-order chi connectivity index (χ1) is 13.8. The molecule has 164 valence electrons. The molecule has 0 aromatic carbocycles. The van der Waals surface area contributed by atoms with Crippen LogP contribution in [0.5, 0.6) is 0 Å². The average molecular weight is 392 g/mol. The molecule has 0 saturated heterocycles. The lowest BCUT2D eigenvalue weighted by molar-refractivity contribution is -0.678. The summed E-state index contributed by atoms with van der Waals surface area (Å²) in [4.78, 5) is 0. The summed E-state index contributed by atoms with van der Waals surface area (Å²) in [6.07, 6.45) is 31.3. The molecule has 28 heavy (non-hydrogen) atoms. The molecule has 2 nitrogen and oxygen atoms in total. The molecule has 1 rings (SSSR count). The molecule has 0 aliphatic heterocycles. The normalized spacial score (nSPS) is 11.4. The Kier molecular flexibility index (Phi) is 16.5. The quantitative estimate of drug-likeness (QED) is 0.158. The predicted octanol–water partition coefficient (Wildman–Crippen LogP) is 7.92. The fraction of sp³-hybridized carbons (Fsp3) is 0.885. The first-order valence-electron chi connectivity index (χ1n) is 12.8. The molecule has 0 amide bonds. The summed E-state index contributed by atoms with van der Waals surface area (Å²) in [5.41, 5.74) is 0. The van der Waals surface area contributed by atoms with Gasteiger partial charge in [0.05, 0.1) is 13.6 Å². The topological polar surface area (TPSA) is 8.81 Å². The molecule has 0 aliphatic carbocycles. The van der Waals surface area contributed by atoms with E-state index < -0.39 is 0 Å². The Balaban J connectivity index is 1.98. The Hall–Kier alpha value is -0.790. The van der Waals surface area contributed by atoms with E-state index in [0.717, 1.165) is 0 Å². The van der Waals surface area contributed by atoms with Crippen molar-refractivity contribution in [3.05, 3.63) is 18.2 Å². The Morgan fingerprint density at radius 1 is 0.607 bits per heavy atom. The zero-order valence-corrected chi connectivity index (χ0v) is 19.7. The van der Waals surface area contributed by atoms with Gasteiger partial charge in [0.15, 0.2) is 0 Å². The molecule has 1 aromatic rings. The van der Waals surface area contributed by atoms with E-state index in [1.54, 1.807) is 0 Å². The Bertz CT molecular complexity index is 449. The minimum atomic E-state index is 1.21. The van der Waals surface area contributed by atoms with Crippen LogP contribution < -0.4 is 4.57 Å². The van der Waals surface area contributed by atoms with Crippen molar-refractivity contribution >= 4 is 0 Å². The second-order valence-electron chi connectivity index (χ2n) is 8.93. The molecule has 0 aliphatic rings. The number of rotatable bonds is 20. The van der Waals surface area contributed by atoms with Gasteiger partial charge in [-0.1, -0.05) is 110 Å². The monoisotopic (exact) mass is 391 g/mol. The molecular formula is C26H51N2+. The standard InChI is InChI=1S/C26H51N2/c1-4-6-8-10-11-12-13-14-15-16-17-19-21-23-28-25-24-27(3)26(28)22-20-18-9-7-5-2/h24-25H,4-23H2,1-3H3/q+1. The van der Waals surface area contributed by atoms with Crippen LogP contribution in [0.1, 0.15) is 135 Å². The van der Waals surface area contributed by atoms with Gasteiger partial charge in [0.2, 0.25) is 0 Å². The number of unbranched alkanes of at least 4 members (excludes halogenated alkanes) is 16. The van der Waals surface area contributed by atoms with E-state index in [-0.39, 0.29) is 0 Å². The summed E-state index contributed by atoms with van der Waals surface area (Å²) in [7, 11) is 2.21. The van der Waals surface area contributed by atoms with Gasteiger partial charge in [-0.05, 0) is 19.3 Å². The maximum Gasteiger partial charge on any atom is 0.256 e. The highest BCUT2D eigenvalue weighted by atomic mass is 15.1. The largest absolute Gasteiger partial charge is 0.256 e. The number of aromatic nitrogens is 2. The van der Waals surface area contributed by atoms with Crippen molar-refractivity contribution in [3.8, 4) is 0 Å². The van der Waals surface area contributed by atoms with Crippen LogP contribution in [0.2, 0.25) is 0 Å². The van der Waals surface area contributed by atoms with E-state index in [1.165, 1.54) is 134 Å². The van der Waals surface area contributed by atoms with Crippen LogP contribution in [-0.4, -0.2) is 4.57 Å². The maximum absolute atomic E-state index is 2.51. The van der Waals surface area contributed by atoms with Crippen molar-refractivity contribution in [3.63, 3.8) is 0 Å². The van der Waals surface area contributed by atoms with Gasteiger partial charge in [0, 0.05) is 6.42 Å². The molecule has 1 heterocycles. The van der Waals surface area contributed by atoms with Crippen LogP contribution in [0.3, 0.4) is 0 Å². The molecular weight excluding hydrogens is 340 g/mol. The second-order valence-corrected chi connectivity index (χ2v) is 8.93. The molecule has 0 unspecified atom stereocenters. The van der Waals surface area contributed by atoms with Crippen LogP contribution in [-0.2, 0) is 20.0 Å². The van der Waals surface area contributed by atoms with Crippen molar-refractivity contribution in [1.29, 1.82) is 0 Å². The van der Waals surface area contributed by atoms with Gasteiger partial charge in [-0.3, -0.25) is 0 Å². The number of imidazole rings is 1. The van der Waals surface area contributed by atoms with E-state index in [1.807, 2.05) is 0 Å². The Morgan fingerprint density at radius 3 is 1.54 bits per heavy atom. The van der Waals surface area contributed by atoms with Crippen molar-refractivity contribution < 1.29 is 4.57 Å². The summed E-state index contributed by atoms with van der Waals surface area (Å²) in [6, 6.07) is 0. The molecule has 1 aromatic heterocycles. The Morgan fingerprint density at radius 2 is 1.04 bits per heavy atom. The van der Waals surface area contributed by atoms with Crippen molar-refractivity contribution in [2.45, 2.75) is 142 Å². The van der Waals surface area contributed by atoms with Crippen LogP contribution in [0, 0.1) is 0 Å². The highest BCUT2D eigenvalue weighted by molar-refractivity contribution is 4.84. The van der Waals surface area contributed by atoms with Crippen LogP contribution in [0.4, 0.5) is 0 Å². The zero-order chi connectivity index (χ0) is 20.3. The molecule has 0 N–H and O–H groups in total. The minimum Gasteiger partial charge on any atom is -0.237 e. The highest BCUT2D eigenvalue weighted by Gasteiger charge is 2.13. The van der Waals surface area contributed by atoms with E-state index in [4.69, 9.17) is 0 Å². The zero-order valence-electron chi connectivity index (χ0n) is 19.7. The van der Waals surface area contributed by atoms with Crippen molar-refractivity contribution in [2.75, 3.05) is 0 Å². The van der Waals surface area contributed by atoms with Gasteiger partial charge in [0.25, 0.3) is 5.82 Å². The van der Waals surface area contributed by atoms with E-state index in [9.17, 15) is 0 Å². The number of nitrogens with zero attached hydrogens (tertiary/aromatic N) is 2. The van der Waals surface area contributed by atoms with Gasteiger partial charge in [-0.25, -0.2) is 9.13 Å². The van der Waals surface area contributed by atoms with Gasteiger partial charge in [-0.2, -0.15) is 0 Å². The van der Waals surface area contributed by atoms with Crippen LogP contribution in [0.15, 0.2) is 12.4 Å². The summed E-state index contributed by atoms with van der Waals surface area (Å²) in [5.74, 6) is 1.52. The lowest BCUT2D eigenvalue weighted by atomic mass is 10.0. The molecule has 0 spiro atoms. The lowest BCUT2D eigenvalue weighted by Gasteiger charge is -2.05. The van der Waals surface area contributed by atoms with Crippen LogP contribution in [0.25, 0.3) is 0 Å². The first-order valence-corrected chi connectivity index (χ1v) is 12.8. The molecule has 0 bridgehead atoms. The van der Waals surface area contributed by atoms with Gasteiger partial charge in [0.1, 0.15) is 12.4 Å². The van der Waals surface area contributed by atoms with Crippen LogP contribution >= 0.6 is 0 Å². The van der Waals surface area contributed by atoms with E-state index in [0.29, 0.717) is 0 Å².